The summed E-state index contributed by atoms with van der Waals surface area (Å²) in [6.07, 6.45) is -14.6. The quantitative estimate of drug-likeness (QED) is 0.254. The number of hydrogen-bond donors (Lipinski definition) is 0. The molecule has 0 unspecified atom stereocenters. The van der Waals surface area contributed by atoms with Crippen molar-refractivity contribution in [2.24, 2.45) is 7.05 Å². The summed E-state index contributed by atoms with van der Waals surface area (Å²) in [5.41, 5.74) is -6.07. The first-order valence-corrected chi connectivity index (χ1v) is 10.2. The highest BCUT2D eigenvalue weighted by Crippen LogP contribution is 2.40. The molecule has 4 rings (SSSR count). The van der Waals surface area contributed by atoms with Gasteiger partial charge in [0, 0.05) is 13.2 Å². The highest BCUT2D eigenvalue weighted by Gasteiger charge is 2.41. The number of alkyl halides is 9. The van der Waals surface area contributed by atoms with Crippen molar-refractivity contribution in [1.29, 1.82) is 0 Å². The van der Waals surface area contributed by atoms with Crippen LogP contribution in [-0.2, 0) is 25.6 Å². The topological polar surface area (TPSA) is 60.9 Å². The molecule has 0 bridgehead atoms. The molecule has 34 heavy (non-hydrogen) atoms. The predicted molar refractivity (Wildman–Crippen MR) is 102 cm³/mol. The van der Waals surface area contributed by atoms with E-state index in [1.165, 1.54) is 7.05 Å². The Hall–Kier alpha value is -3.04. The van der Waals surface area contributed by atoms with Crippen LogP contribution in [0.5, 0.6) is 0 Å². The number of rotatable bonds is 3. The lowest BCUT2D eigenvalue weighted by molar-refractivity contribution is -0.148. The molecule has 0 aliphatic rings. The molecule has 16 heteroatoms. The maximum absolute atomic E-state index is 13.6. The number of aryl methyl sites for hydroxylation is 1. The van der Waals surface area contributed by atoms with E-state index < -0.39 is 41.1 Å². The third kappa shape index (κ3) is 4.03. The first-order valence-electron chi connectivity index (χ1n) is 9.24. The van der Waals surface area contributed by atoms with Crippen LogP contribution in [0, 0.1) is 0 Å². The second-order valence-electron chi connectivity index (χ2n) is 6.93. The first kappa shape index (κ1) is 24.1. The molecular weight excluding hydrogens is 503 g/mol. The van der Waals surface area contributed by atoms with Crippen molar-refractivity contribution in [3.8, 4) is 11.4 Å². The number of imidazole rings is 1. The van der Waals surface area contributed by atoms with E-state index in [-0.39, 0.29) is 43.9 Å². The summed E-state index contributed by atoms with van der Waals surface area (Å²) in [5, 5.41) is 3.68. The van der Waals surface area contributed by atoms with Gasteiger partial charge in [-0.05, 0) is 17.9 Å². The Kier molecular flexibility index (Phi) is 5.49. The van der Waals surface area contributed by atoms with Crippen LogP contribution in [0.15, 0.2) is 23.4 Å². The van der Waals surface area contributed by atoms with Gasteiger partial charge in [-0.1, -0.05) is 6.92 Å². The molecule has 0 radical (unpaired) electrons. The van der Waals surface area contributed by atoms with E-state index in [0.29, 0.717) is 12.3 Å². The fourth-order valence-electron chi connectivity index (χ4n) is 3.23. The van der Waals surface area contributed by atoms with Crippen molar-refractivity contribution >= 4 is 28.6 Å². The smallest absolute Gasteiger partial charge is 0.312 e. The Balaban J connectivity index is 2.10. The lowest BCUT2D eigenvalue weighted by atomic mass is 10.2. The van der Waals surface area contributed by atoms with E-state index in [9.17, 15) is 39.5 Å². The van der Waals surface area contributed by atoms with Crippen molar-refractivity contribution in [3.63, 3.8) is 0 Å². The Labute approximate surface area is 187 Å². The van der Waals surface area contributed by atoms with Gasteiger partial charge in [0.05, 0.1) is 11.1 Å². The number of halogens is 9. The average Bonchev–Trinajstić information content (AvgIpc) is 3.22. The van der Waals surface area contributed by atoms with Crippen molar-refractivity contribution in [3.05, 3.63) is 35.3 Å². The van der Waals surface area contributed by atoms with E-state index in [4.69, 9.17) is 0 Å². The third-order valence-corrected chi connectivity index (χ3v) is 5.53. The first-order chi connectivity index (χ1) is 15.6. The van der Waals surface area contributed by atoms with E-state index in [0.717, 1.165) is 16.3 Å². The standard InChI is InChI=1S/C18H11F9N6S/c1-3-34-15-11(13-29-8-4-7(16(19,20)21)6-28-12(8)32(13)2)14-30-9(17(22,23)24)5-10(18(25,26)27)33(14)31-15/h4-6H,3H2,1-2H3. The Morgan fingerprint density at radius 1 is 0.882 bits per heavy atom. The van der Waals surface area contributed by atoms with Gasteiger partial charge in [0.15, 0.2) is 17.0 Å². The molecule has 0 aromatic carbocycles. The van der Waals surface area contributed by atoms with Crippen LogP contribution in [0.1, 0.15) is 23.9 Å². The molecule has 0 aliphatic heterocycles. The van der Waals surface area contributed by atoms with Gasteiger partial charge in [0.2, 0.25) is 0 Å². The Bertz CT molecular complexity index is 1400. The molecule has 0 spiro atoms. The molecule has 4 heterocycles. The Morgan fingerprint density at radius 2 is 1.56 bits per heavy atom. The fourth-order valence-corrected chi connectivity index (χ4v) is 3.97. The van der Waals surface area contributed by atoms with Crippen LogP contribution < -0.4 is 0 Å². The molecule has 0 saturated heterocycles. The zero-order chi connectivity index (χ0) is 25.2. The van der Waals surface area contributed by atoms with Crippen LogP contribution in [0.3, 0.4) is 0 Å². The fraction of sp³-hybridized carbons (Fsp3) is 0.333. The van der Waals surface area contributed by atoms with E-state index >= 15 is 0 Å². The maximum Gasteiger partial charge on any atom is 0.433 e. The second kappa shape index (κ2) is 7.74. The van der Waals surface area contributed by atoms with E-state index in [1.807, 2.05) is 0 Å². The van der Waals surface area contributed by atoms with Crippen molar-refractivity contribution in [1.82, 2.24) is 29.1 Å². The lowest BCUT2D eigenvalue weighted by Gasteiger charge is -2.12. The highest BCUT2D eigenvalue weighted by atomic mass is 32.2. The van der Waals surface area contributed by atoms with Gasteiger partial charge in [-0.25, -0.2) is 19.5 Å². The molecular formula is C18H11F9N6S. The molecule has 0 fully saturated rings. The number of hydrogen-bond acceptors (Lipinski definition) is 5. The summed E-state index contributed by atoms with van der Waals surface area (Å²) in [6.45, 7) is 1.63. The summed E-state index contributed by atoms with van der Waals surface area (Å²) >= 11 is 0.907. The van der Waals surface area contributed by atoms with Crippen molar-refractivity contribution < 1.29 is 39.5 Å². The molecule has 0 aliphatic carbocycles. The summed E-state index contributed by atoms with van der Waals surface area (Å²) in [4.78, 5) is 11.1. The molecule has 0 N–H and O–H groups in total. The monoisotopic (exact) mass is 514 g/mol. The van der Waals surface area contributed by atoms with Crippen LogP contribution in [0.2, 0.25) is 0 Å². The zero-order valence-corrected chi connectivity index (χ0v) is 17.7. The second-order valence-corrected chi connectivity index (χ2v) is 8.18. The molecule has 0 atom stereocenters. The minimum Gasteiger partial charge on any atom is -0.312 e. The summed E-state index contributed by atoms with van der Waals surface area (Å²) < 4.78 is 122. The largest absolute Gasteiger partial charge is 0.433 e. The molecule has 0 saturated carbocycles. The van der Waals surface area contributed by atoms with Crippen molar-refractivity contribution in [2.45, 2.75) is 30.5 Å². The van der Waals surface area contributed by atoms with Crippen LogP contribution >= 0.6 is 11.8 Å². The number of aromatic nitrogens is 6. The number of fused-ring (bicyclic) bond motifs is 2. The van der Waals surface area contributed by atoms with Crippen LogP contribution in [0.4, 0.5) is 39.5 Å². The van der Waals surface area contributed by atoms with Gasteiger partial charge >= 0.3 is 18.5 Å². The minimum atomic E-state index is -5.21. The van der Waals surface area contributed by atoms with Gasteiger partial charge in [-0.3, -0.25) is 0 Å². The molecule has 6 nitrogen and oxygen atoms in total. The maximum atomic E-state index is 13.6. The van der Waals surface area contributed by atoms with Gasteiger partial charge in [-0.15, -0.1) is 11.8 Å². The number of nitrogens with zero attached hydrogens (tertiary/aromatic N) is 6. The SMILES string of the molecule is CCSc1nn2c(C(F)(F)F)cc(C(F)(F)F)nc2c1-c1nc2cc(C(F)(F)F)cnc2n1C. The molecule has 4 aromatic rings. The molecule has 182 valence electrons. The van der Waals surface area contributed by atoms with E-state index in [2.05, 4.69) is 20.1 Å². The van der Waals surface area contributed by atoms with Gasteiger partial charge in [0.25, 0.3) is 0 Å². The van der Waals surface area contributed by atoms with Crippen molar-refractivity contribution in [2.75, 3.05) is 5.75 Å². The number of thioether (sulfide) groups is 1. The number of pyridine rings is 1. The van der Waals surface area contributed by atoms with E-state index in [1.54, 1.807) is 6.92 Å². The average molecular weight is 514 g/mol. The van der Waals surface area contributed by atoms with Gasteiger partial charge < -0.3 is 4.57 Å². The Morgan fingerprint density at radius 3 is 2.12 bits per heavy atom. The van der Waals surface area contributed by atoms with Crippen LogP contribution in [-0.4, -0.2) is 34.9 Å². The molecule has 0 amide bonds. The summed E-state index contributed by atoms with van der Waals surface area (Å²) in [5.74, 6) is 0.0258. The minimum absolute atomic E-state index is 0.0715. The third-order valence-electron chi connectivity index (χ3n) is 4.68. The highest BCUT2D eigenvalue weighted by molar-refractivity contribution is 7.99. The van der Waals surface area contributed by atoms with Gasteiger partial charge in [-0.2, -0.15) is 44.6 Å². The predicted octanol–water partition coefficient (Wildman–Crippen LogP) is 5.85. The lowest BCUT2D eigenvalue weighted by Crippen LogP contribution is -2.18. The van der Waals surface area contributed by atoms with Crippen LogP contribution in [0.25, 0.3) is 28.2 Å². The summed E-state index contributed by atoms with van der Waals surface area (Å²) in [6, 6.07) is 0.524. The van der Waals surface area contributed by atoms with Gasteiger partial charge in [0.1, 0.15) is 22.1 Å². The zero-order valence-electron chi connectivity index (χ0n) is 16.9. The normalized spacial score (nSPS) is 13.4. The summed E-state index contributed by atoms with van der Waals surface area (Å²) in [7, 11) is 1.31. The molecule has 4 aromatic heterocycles.